The maximum atomic E-state index is 13.1. The minimum absolute atomic E-state index is 0.0173. The Morgan fingerprint density at radius 3 is 2.63 bits per heavy atom. The van der Waals surface area contributed by atoms with Crippen molar-refractivity contribution in [1.29, 1.82) is 0 Å². The molecule has 5 nitrogen and oxygen atoms in total. The average molecular weight is 268 g/mol. The first-order valence-corrected chi connectivity index (χ1v) is 6.07. The fourth-order valence-electron chi connectivity index (χ4n) is 1.63. The number of nitrogens with two attached hydrogens (primary N) is 1. The van der Waals surface area contributed by atoms with Gasteiger partial charge in [0, 0.05) is 6.42 Å². The first-order chi connectivity index (χ1) is 9.04. The van der Waals surface area contributed by atoms with E-state index in [0.29, 0.717) is 13.0 Å². The highest BCUT2D eigenvalue weighted by Gasteiger charge is 2.13. The van der Waals surface area contributed by atoms with Crippen LogP contribution in [0.25, 0.3) is 0 Å². The van der Waals surface area contributed by atoms with E-state index in [9.17, 15) is 14.0 Å². The third-order valence-corrected chi connectivity index (χ3v) is 2.59. The first kappa shape index (κ1) is 15.1. The summed E-state index contributed by atoms with van der Waals surface area (Å²) in [5.41, 5.74) is 5.19. The first-order valence-electron chi connectivity index (χ1n) is 6.07. The molecule has 0 heterocycles. The zero-order valence-corrected chi connectivity index (χ0v) is 10.5. The van der Waals surface area contributed by atoms with Crippen molar-refractivity contribution in [3.63, 3.8) is 0 Å². The van der Waals surface area contributed by atoms with Gasteiger partial charge in [-0.2, -0.15) is 0 Å². The summed E-state index contributed by atoms with van der Waals surface area (Å²) in [6, 6.07) is 3.17. The molecule has 104 valence electrons. The van der Waals surface area contributed by atoms with Gasteiger partial charge in [0.15, 0.2) is 0 Å². The molecule has 4 N–H and O–H groups in total. The molecule has 0 bridgehead atoms. The molecule has 1 aromatic rings. The molecule has 0 aromatic heterocycles. The Hall–Kier alpha value is -1.95. The van der Waals surface area contributed by atoms with Crippen LogP contribution in [0, 0.1) is 5.82 Å². The number of halogens is 1. The molecule has 6 heteroatoms. The second kappa shape index (κ2) is 7.48. The van der Waals surface area contributed by atoms with Gasteiger partial charge in [-0.3, -0.25) is 4.79 Å². The lowest BCUT2D eigenvalue weighted by atomic mass is 10.1. The predicted molar refractivity (Wildman–Crippen MR) is 69.5 cm³/mol. The minimum Gasteiger partial charge on any atom is -0.478 e. The number of amides is 1. The Labute approximate surface area is 110 Å². The topological polar surface area (TPSA) is 92.4 Å². The highest BCUT2D eigenvalue weighted by atomic mass is 19.1. The summed E-state index contributed by atoms with van der Waals surface area (Å²) in [6.45, 7) is 0.578. The van der Waals surface area contributed by atoms with Crippen LogP contribution >= 0.6 is 0 Å². The highest BCUT2D eigenvalue weighted by Crippen LogP contribution is 2.18. The molecule has 1 rings (SSSR count). The van der Waals surface area contributed by atoms with Gasteiger partial charge in [0.1, 0.15) is 5.82 Å². The van der Waals surface area contributed by atoms with Crippen LogP contribution < -0.4 is 11.1 Å². The Morgan fingerprint density at radius 1 is 1.26 bits per heavy atom. The van der Waals surface area contributed by atoms with Crippen molar-refractivity contribution in [1.82, 2.24) is 0 Å². The van der Waals surface area contributed by atoms with Crippen molar-refractivity contribution in [3.05, 3.63) is 29.6 Å². The Kier molecular flexibility index (Phi) is 5.95. The van der Waals surface area contributed by atoms with Gasteiger partial charge in [-0.15, -0.1) is 0 Å². The minimum atomic E-state index is -1.21. The van der Waals surface area contributed by atoms with Crippen LogP contribution in [0.15, 0.2) is 18.2 Å². The summed E-state index contributed by atoms with van der Waals surface area (Å²) in [7, 11) is 0. The zero-order chi connectivity index (χ0) is 14.3. The summed E-state index contributed by atoms with van der Waals surface area (Å²) < 4.78 is 13.1. The number of hydrogen-bond acceptors (Lipinski definition) is 3. The van der Waals surface area contributed by atoms with Crippen molar-refractivity contribution in [2.45, 2.75) is 25.7 Å². The molecule has 1 amide bonds. The van der Waals surface area contributed by atoms with Gasteiger partial charge in [0.2, 0.25) is 5.91 Å². The number of carbonyl (C=O) groups excluding carboxylic acids is 1. The molecule has 1 aromatic carbocycles. The smallest absolute Gasteiger partial charge is 0.337 e. The number of benzene rings is 1. The Morgan fingerprint density at radius 2 is 2.00 bits per heavy atom. The van der Waals surface area contributed by atoms with Crippen LogP contribution in [0.1, 0.15) is 36.0 Å². The van der Waals surface area contributed by atoms with Gasteiger partial charge in [-0.1, -0.05) is 6.42 Å². The lowest BCUT2D eigenvalue weighted by molar-refractivity contribution is -0.116. The molecule has 0 spiro atoms. The second-order valence-electron chi connectivity index (χ2n) is 4.14. The van der Waals surface area contributed by atoms with E-state index in [1.54, 1.807) is 0 Å². The number of anilines is 1. The van der Waals surface area contributed by atoms with Crippen molar-refractivity contribution in [2.24, 2.45) is 5.73 Å². The Bertz CT molecular complexity index is 463. The molecule has 0 aliphatic heterocycles. The molecule has 19 heavy (non-hydrogen) atoms. The van der Waals surface area contributed by atoms with Crippen LogP contribution in [-0.4, -0.2) is 23.5 Å². The molecule has 0 atom stereocenters. The lowest BCUT2D eigenvalue weighted by Crippen LogP contribution is -2.14. The number of carboxylic acids is 1. The summed E-state index contributed by atoms with van der Waals surface area (Å²) in [5, 5.41) is 11.3. The lowest BCUT2D eigenvalue weighted by Gasteiger charge is -2.08. The second-order valence-corrected chi connectivity index (χ2v) is 4.14. The van der Waals surface area contributed by atoms with E-state index in [1.165, 1.54) is 0 Å². The van der Waals surface area contributed by atoms with E-state index >= 15 is 0 Å². The van der Waals surface area contributed by atoms with Crippen LogP contribution in [0.5, 0.6) is 0 Å². The van der Waals surface area contributed by atoms with E-state index in [1.807, 2.05) is 0 Å². The zero-order valence-electron chi connectivity index (χ0n) is 10.5. The van der Waals surface area contributed by atoms with Crippen LogP contribution in [0.2, 0.25) is 0 Å². The molecule has 0 saturated heterocycles. The van der Waals surface area contributed by atoms with Gasteiger partial charge in [-0.05, 0) is 37.6 Å². The average Bonchev–Trinajstić information content (AvgIpc) is 2.34. The molecule has 0 aliphatic rings. The monoisotopic (exact) mass is 268 g/mol. The molecular formula is C13H17FN2O3. The summed E-state index contributed by atoms with van der Waals surface area (Å²) in [4.78, 5) is 22.5. The molecule has 0 unspecified atom stereocenters. The van der Waals surface area contributed by atoms with Gasteiger partial charge < -0.3 is 16.2 Å². The van der Waals surface area contributed by atoms with Gasteiger partial charge in [0.05, 0.1) is 11.3 Å². The number of hydrogen-bond donors (Lipinski definition) is 3. The molecule has 0 radical (unpaired) electrons. The Balaban J connectivity index is 2.62. The van der Waals surface area contributed by atoms with E-state index < -0.39 is 11.8 Å². The van der Waals surface area contributed by atoms with Crippen molar-refractivity contribution >= 4 is 17.6 Å². The summed E-state index contributed by atoms with van der Waals surface area (Å²) in [5.74, 6) is -2.13. The summed E-state index contributed by atoms with van der Waals surface area (Å²) >= 11 is 0. The number of carboxylic acid groups (broad SMARTS) is 1. The normalized spacial score (nSPS) is 10.2. The number of nitrogens with one attached hydrogen (secondary N) is 1. The number of aromatic carboxylic acids is 1. The van der Waals surface area contributed by atoms with Crippen LogP contribution in [-0.2, 0) is 4.79 Å². The number of unbranched alkanes of at least 4 members (excludes halogenated alkanes) is 2. The summed E-state index contributed by atoms with van der Waals surface area (Å²) in [6.07, 6.45) is 2.60. The standard InChI is InChI=1S/C13H17FN2O3/c14-9-5-6-10(13(18)19)11(8-9)16-12(17)4-2-1-3-7-15/h5-6,8H,1-4,7,15H2,(H,16,17)(H,18,19). The molecule has 0 fully saturated rings. The maximum absolute atomic E-state index is 13.1. The third kappa shape index (κ3) is 5.05. The number of carbonyl (C=O) groups is 2. The van der Waals surface area contributed by atoms with Crippen molar-refractivity contribution in [3.8, 4) is 0 Å². The van der Waals surface area contributed by atoms with Crippen LogP contribution in [0.4, 0.5) is 10.1 Å². The van der Waals surface area contributed by atoms with E-state index in [-0.39, 0.29) is 23.6 Å². The van der Waals surface area contributed by atoms with Gasteiger partial charge in [-0.25, -0.2) is 9.18 Å². The molecule has 0 saturated carbocycles. The third-order valence-electron chi connectivity index (χ3n) is 2.59. The van der Waals surface area contributed by atoms with E-state index in [0.717, 1.165) is 31.0 Å². The van der Waals surface area contributed by atoms with E-state index in [2.05, 4.69) is 5.32 Å². The SMILES string of the molecule is NCCCCCC(=O)Nc1cc(F)ccc1C(=O)O. The van der Waals surface area contributed by atoms with Crippen molar-refractivity contribution < 1.29 is 19.1 Å². The highest BCUT2D eigenvalue weighted by molar-refractivity contribution is 6.00. The van der Waals surface area contributed by atoms with E-state index in [4.69, 9.17) is 10.8 Å². The van der Waals surface area contributed by atoms with Crippen LogP contribution in [0.3, 0.4) is 0 Å². The molecule has 0 aliphatic carbocycles. The fourth-order valence-corrected chi connectivity index (χ4v) is 1.63. The van der Waals surface area contributed by atoms with Gasteiger partial charge in [0.25, 0.3) is 0 Å². The molecular weight excluding hydrogens is 251 g/mol. The number of rotatable bonds is 7. The quantitative estimate of drug-likeness (QED) is 0.659. The fraction of sp³-hybridized carbons (Fsp3) is 0.385. The largest absolute Gasteiger partial charge is 0.478 e. The van der Waals surface area contributed by atoms with Crippen molar-refractivity contribution in [2.75, 3.05) is 11.9 Å². The van der Waals surface area contributed by atoms with Gasteiger partial charge >= 0.3 is 5.97 Å². The maximum Gasteiger partial charge on any atom is 0.337 e. The predicted octanol–water partition coefficient (Wildman–Crippen LogP) is 1.98.